The first-order chi connectivity index (χ1) is 12.0. The summed E-state index contributed by atoms with van der Waals surface area (Å²) in [6.45, 7) is 2.35. The monoisotopic (exact) mass is 358 g/mol. The van der Waals surface area contributed by atoms with E-state index in [0.717, 1.165) is 16.7 Å². The number of ether oxygens (including phenoxy) is 1. The average molecular weight is 359 g/mol. The molecular weight excluding hydrogens is 343 g/mol. The van der Waals surface area contributed by atoms with Crippen molar-refractivity contribution in [1.82, 2.24) is 9.78 Å². The summed E-state index contributed by atoms with van der Waals surface area (Å²) in [6, 6.07) is 13.4. The van der Waals surface area contributed by atoms with Gasteiger partial charge in [0.25, 0.3) is 0 Å². The van der Waals surface area contributed by atoms with Gasteiger partial charge in [0.2, 0.25) is 0 Å². The van der Waals surface area contributed by atoms with E-state index >= 15 is 0 Å². The number of aromatic nitrogens is 2. The zero-order chi connectivity index (χ0) is 18.0. The summed E-state index contributed by atoms with van der Waals surface area (Å²) < 4.78 is 19.6. The Labute approximate surface area is 149 Å². The lowest BCUT2D eigenvalue weighted by atomic mass is 10.1. The van der Waals surface area contributed by atoms with E-state index in [1.165, 1.54) is 19.2 Å². The smallest absolute Gasteiger partial charge is 0.358 e. The van der Waals surface area contributed by atoms with Crippen LogP contribution in [0.5, 0.6) is 0 Å². The second kappa shape index (κ2) is 7.07. The maximum absolute atomic E-state index is 13.2. The third-order valence-corrected chi connectivity index (χ3v) is 4.29. The van der Waals surface area contributed by atoms with Gasteiger partial charge in [-0.25, -0.2) is 9.18 Å². The van der Waals surface area contributed by atoms with E-state index < -0.39 is 5.97 Å². The van der Waals surface area contributed by atoms with Gasteiger partial charge in [0.05, 0.1) is 19.3 Å². The Kier molecular flexibility index (Phi) is 4.86. The van der Waals surface area contributed by atoms with Crippen LogP contribution in [0.25, 0.3) is 11.3 Å². The summed E-state index contributed by atoms with van der Waals surface area (Å²) in [5, 5.41) is 5.00. The molecule has 0 spiro atoms. The van der Waals surface area contributed by atoms with Crippen LogP contribution in [0.1, 0.15) is 21.6 Å². The second-order valence-electron chi connectivity index (χ2n) is 5.65. The summed E-state index contributed by atoms with van der Waals surface area (Å²) in [6.07, 6.45) is 0. The van der Waals surface area contributed by atoms with Crippen LogP contribution in [0.2, 0.25) is 5.02 Å². The highest BCUT2D eigenvalue weighted by Crippen LogP contribution is 2.24. The first-order valence-electron chi connectivity index (χ1n) is 7.65. The fourth-order valence-corrected chi connectivity index (χ4v) is 2.71. The molecule has 4 nitrogen and oxygen atoms in total. The molecule has 0 amide bonds. The van der Waals surface area contributed by atoms with Gasteiger partial charge in [-0.1, -0.05) is 23.7 Å². The largest absolute Gasteiger partial charge is 0.464 e. The normalized spacial score (nSPS) is 10.7. The lowest BCUT2D eigenvalue weighted by Crippen LogP contribution is -2.07. The first-order valence-corrected chi connectivity index (χ1v) is 8.03. The standard InChI is InChI=1S/C19H16ClFN2O2/c1-12-3-4-13(9-16(12)20)11-23-18(10-17(22-23)19(24)25-2)14-5-7-15(21)8-6-14/h3-10H,11H2,1-2H3. The van der Waals surface area contributed by atoms with Gasteiger partial charge in [-0.3, -0.25) is 4.68 Å². The molecule has 0 saturated carbocycles. The number of rotatable bonds is 4. The van der Waals surface area contributed by atoms with Crippen molar-refractivity contribution in [2.45, 2.75) is 13.5 Å². The van der Waals surface area contributed by atoms with Crippen LogP contribution in [0, 0.1) is 12.7 Å². The van der Waals surface area contributed by atoms with Crippen molar-refractivity contribution in [2.24, 2.45) is 0 Å². The molecule has 1 aromatic heterocycles. The molecule has 2 aromatic carbocycles. The van der Waals surface area contributed by atoms with Crippen molar-refractivity contribution in [1.29, 1.82) is 0 Å². The number of nitrogens with zero attached hydrogens (tertiary/aromatic N) is 2. The topological polar surface area (TPSA) is 44.1 Å². The Morgan fingerprint density at radius 2 is 1.92 bits per heavy atom. The second-order valence-corrected chi connectivity index (χ2v) is 6.06. The van der Waals surface area contributed by atoms with Crippen LogP contribution >= 0.6 is 11.6 Å². The fourth-order valence-electron chi connectivity index (χ4n) is 2.50. The van der Waals surface area contributed by atoms with Crippen molar-refractivity contribution in [2.75, 3.05) is 7.11 Å². The van der Waals surface area contributed by atoms with Crippen LogP contribution < -0.4 is 0 Å². The average Bonchev–Trinajstić information content (AvgIpc) is 3.02. The number of halogens is 2. The van der Waals surface area contributed by atoms with Crippen molar-refractivity contribution in [3.8, 4) is 11.3 Å². The minimum absolute atomic E-state index is 0.194. The van der Waals surface area contributed by atoms with Crippen LogP contribution in [-0.4, -0.2) is 22.9 Å². The summed E-state index contributed by atoms with van der Waals surface area (Å²) in [4.78, 5) is 11.8. The summed E-state index contributed by atoms with van der Waals surface area (Å²) in [7, 11) is 1.30. The number of benzene rings is 2. The number of hydrogen-bond donors (Lipinski definition) is 0. The van der Waals surface area contributed by atoms with Crippen molar-refractivity contribution < 1.29 is 13.9 Å². The molecule has 1 heterocycles. The summed E-state index contributed by atoms with van der Waals surface area (Å²) in [5.41, 5.74) is 3.57. The number of esters is 1. The van der Waals surface area contributed by atoms with Gasteiger partial charge in [-0.2, -0.15) is 5.10 Å². The molecule has 0 aliphatic rings. The highest BCUT2D eigenvalue weighted by molar-refractivity contribution is 6.31. The SMILES string of the molecule is COC(=O)c1cc(-c2ccc(F)cc2)n(Cc2ccc(C)c(Cl)c2)n1. The molecule has 0 fully saturated rings. The minimum Gasteiger partial charge on any atom is -0.464 e. The van der Waals surface area contributed by atoms with Gasteiger partial charge in [-0.15, -0.1) is 0 Å². The van der Waals surface area contributed by atoms with E-state index in [2.05, 4.69) is 5.10 Å². The lowest BCUT2D eigenvalue weighted by Gasteiger charge is -2.09. The van der Waals surface area contributed by atoms with Crippen LogP contribution in [0.3, 0.4) is 0 Å². The number of methoxy groups -OCH3 is 1. The number of aryl methyl sites for hydroxylation is 1. The molecule has 0 radical (unpaired) electrons. The number of hydrogen-bond acceptors (Lipinski definition) is 3. The zero-order valence-electron chi connectivity index (χ0n) is 13.8. The maximum atomic E-state index is 13.2. The van der Waals surface area contributed by atoms with E-state index in [1.807, 2.05) is 25.1 Å². The van der Waals surface area contributed by atoms with Gasteiger partial charge in [0, 0.05) is 10.6 Å². The fraction of sp³-hybridized carbons (Fsp3) is 0.158. The molecular formula is C19H16ClFN2O2. The Bertz CT molecular complexity index is 920. The quantitative estimate of drug-likeness (QED) is 0.645. The highest BCUT2D eigenvalue weighted by Gasteiger charge is 2.16. The molecule has 0 atom stereocenters. The molecule has 3 aromatic rings. The van der Waals surface area contributed by atoms with Crippen LogP contribution in [0.4, 0.5) is 4.39 Å². The third-order valence-electron chi connectivity index (χ3n) is 3.88. The van der Waals surface area contributed by atoms with Gasteiger partial charge < -0.3 is 4.74 Å². The number of carbonyl (C=O) groups is 1. The third kappa shape index (κ3) is 3.72. The van der Waals surface area contributed by atoms with E-state index in [4.69, 9.17) is 16.3 Å². The van der Waals surface area contributed by atoms with Gasteiger partial charge in [0.1, 0.15) is 5.82 Å². The molecule has 128 valence electrons. The molecule has 6 heteroatoms. The van der Waals surface area contributed by atoms with Gasteiger partial charge in [0.15, 0.2) is 5.69 Å². The van der Waals surface area contributed by atoms with Crippen molar-refractivity contribution >= 4 is 17.6 Å². The molecule has 25 heavy (non-hydrogen) atoms. The molecule has 0 unspecified atom stereocenters. The first kappa shape index (κ1) is 17.2. The zero-order valence-corrected chi connectivity index (χ0v) is 14.5. The van der Waals surface area contributed by atoms with Crippen LogP contribution in [0.15, 0.2) is 48.5 Å². The Morgan fingerprint density at radius 3 is 2.56 bits per heavy atom. The van der Waals surface area contributed by atoms with Crippen molar-refractivity contribution in [3.05, 3.63) is 76.2 Å². The van der Waals surface area contributed by atoms with Crippen molar-refractivity contribution in [3.63, 3.8) is 0 Å². The molecule has 0 N–H and O–H groups in total. The van der Waals surface area contributed by atoms with E-state index in [1.54, 1.807) is 22.9 Å². The highest BCUT2D eigenvalue weighted by atomic mass is 35.5. The minimum atomic E-state index is -0.524. The molecule has 0 saturated heterocycles. The molecule has 0 aliphatic carbocycles. The predicted molar refractivity (Wildman–Crippen MR) is 94.3 cm³/mol. The lowest BCUT2D eigenvalue weighted by molar-refractivity contribution is 0.0593. The van der Waals surface area contributed by atoms with E-state index in [0.29, 0.717) is 17.3 Å². The van der Waals surface area contributed by atoms with Crippen LogP contribution in [-0.2, 0) is 11.3 Å². The Hall–Kier alpha value is -2.66. The Morgan fingerprint density at radius 1 is 1.20 bits per heavy atom. The molecule has 0 aliphatic heterocycles. The summed E-state index contributed by atoms with van der Waals surface area (Å²) >= 11 is 6.19. The predicted octanol–water partition coefficient (Wildman–Crippen LogP) is 4.49. The summed E-state index contributed by atoms with van der Waals surface area (Å²) in [5.74, 6) is -0.850. The maximum Gasteiger partial charge on any atom is 0.358 e. The molecule has 3 rings (SSSR count). The Balaban J connectivity index is 2.03. The van der Waals surface area contributed by atoms with E-state index in [9.17, 15) is 9.18 Å². The number of carbonyl (C=O) groups excluding carboxylic acids is 1. The van der Waals surface area contributed by atoms with Gasteiger partial charge in [-0.05, 0) is 54.4 Å². The van der Waals surface area contributed by atoms with E-state index in [-0.39, 0.29) is 11.5 Å². The van der Waals surface area contributed by atoms with Gasteiger partial charge >= 0.3 is 5.97 Å². The molecule has 0 bridgehead atoms.